The molecule has 0 aromatic carbocycles. The van der Waals surface area contributed by atoms with Crippen molar-refractivity contribution in [3.8, 4) is 18.2 Å². The summed E-state index contributed by atoms with van der Waals surface area (Å²) in [5.41, 5.74) is -0.199. The van der Waals surface area contributed by atoms with Crippen molar-refractivity contribution in [1.82, 2.24) is 9.97 Å². The van der Waals surface area contributed by atoms with Gasteiger partial charge in [-0.1, -0.05) is 0 Å². The highest BCUT2D eigenvalue weighted by molar-refractivity contribution is 5.47. The molecule has 0 radical (unpaired) electrons. The molecule has 0 spiro atoms. The summed E-state index contributed by atoms with van der Waals surface area (Å²) in [6.07, 6.45) is 1.08. The lowest BCUT2D eigenvalue weighted by molar-refractivity contribution is 1.10. The van der Waals surface area contributed by atoms with Crippen LogP contribution in [-0.4, -0.2) is 9.97 Å². The van der Waals surface area contributed by atoms with Gasteiger partial charge in [-0.15, -0.1) is 0 Å². The van der Waals surface area contributed by atoms with E-state index in [1.807, 2.05) is 0 Å². The van der Waals surface area contributed by atoms with E-state index in [1.165, 1.54) is 0 Å². The van der Waals surface area contributed by atoms with E-state index in [2.05, 4.69) is 9.97 Å². The van der Waals surface area contributed by atoms with Gasteiger partial charge in [0.25, 0.3) is 0 Å². The molecule has 54 valence electrons. The van der Waals surface area contributed by atoms with Gasteiger partial charge in [-0.3, -0.25) is 0 Å². The highest BCUT2D eigenvalue weighted by Gasteiger charge is 2.08. The number of rotatable bonds is 0. The fraction of sp³-hybridized carbons (Fsp3) is 0. The maximum Gasteiger partial charge on any atom is 0.163 e. The first-order valence-electron chi connectivity index (χ1n) is 2.88. The first-order valence-corrected chi connectivity index (χ1v) is 2.88. The number of hydrogen-bond acceptors (Lipinski definition) is 5. The van der Waals surface area contributed by atoms with Crippen LogP contribution < -0.4 is 0 Å². The van der Waals surface area contributed by atoms with Gasteiger partial charge < -0.3 is 0 Å². The van der Waals surface area contributed by atoms with E-state index in [0.29, 0.717) is 0 Å². The Labute approximate surface area is 68.1 Å². The molecule has 5 heteroatoms. The molecule has 1 heterocycles. The summed E-state index contributed by atoms with van der Waals surface area (Å²) >= 11 is 0. The smallest absolute Gasteiger partial charge is 0.163 e. The molecule has 0 atom stereocenters. The minimum Gasteiger partial charge on any atom is -0.224 e. The van der Waals surface area contributed by atoms with E-state index in [9.17, 15) is 0 Å². The molecule has 0 aliphatic heterocycles. The first-order chi connectivity index (χ1) is 5.83. The largest absolute Gasteiger partial charge is 0.224 e. The third-order valence-electron chi connectivity index (χ3n) is 1.17. The summed E-state index contributed by atoms with van der Waals surface area (Å²) in [5.74, 6) is 0. The Morgan fingerprint density at radius 2 is 1.42 bits per heavy atom. The van der Waals surface area contributed by atoms with Crippen molar-refractivity contribution in [3.05, 3.63) is 23.3 Å². The SMILES string of the molecule is N#Cc1ncnc(C#N)c1C#N. The van der Waals surface area contributed by atoms with Gasteiger partial charge in [0.15, 0.2) is 11.4 Å². The Morgan fingerprint density at radius 3 is 1.75 bits per heavy atom. The topological polar surface area (TPSA) is 97.2 Å². The molecular formula is C7HN5. The van der Waals surface area contributed by atoms with Crippen LogP contribution in [-0.2, 0) is 0 Å². The molecule has 5 nitrogen and oxygen atoms in total. The van der Waals surface area contributed by atoms with Gasteiger partial charge in [0.1, 0.15) is 30.1 Å². The Balaban J connectivity index is 3.51. The standard InChI is InChI=1S/C7HN5/c8-1-5-6(2-9)11-4-12-7(5)3-10/h4H. The fourth-order valence-electron chi connectivity index (χ4n) is 0.661. The van der Waals surface area contributed by atoms with Gasteiger partial charge in [-0.05, 0) is 0 Å². The van der Waals surface area contributed by atoms with Crippen LogP contribution >= 0.6 is 0 Å². The Bertz CT molecular complexity index is 396. The van der Waals surface area contributed by atoms with E-state index >= 15 is 0 Å². The third-order valence-corrected chi connectivity index (χ3v) is 1.17. The minimum atomic E-state index is -0.0671. The molecule has 1 rings (SSSR count). The number of nitrogens with zero attached hydrogens (tertiary/aromatic N) is 5. The van der Waals surface area contributed by atoms with Gasteiger partial charge >= 0.3 is 0 Å². The Hall–Kier alpha value is -2.45. The van der Waals surface area contributed by atoms with E-state index in [0.717, 1.165) is 6.33 Å². The van der Waals surface area contributed by atoms with Gasteiger partial charge in [0.05, 0.1) is 0 Å². The first kappa shape index (κ1) is 7.65. The number of hydrogen-bond donors (Lipinski definition) is 0. The lowest BCUT2D eigenvalue weighted by Crippen LogP contribution is -1.96. The van der Waals surface area contributed by atoms with E-state index in [1.54, 1.807) is 18.2 Å². The van der Waals surface area contributed by atoms with Gasteiger partial charge in [0, 0.05) is 0 Å². The molecular weight excluding hydrogens is 154 g/mol. The van der Waals surface area contributed by atoms with Crippen molar-refractivity contribution in [3.63, 3.8) is 0 Å². The van der Waals surface area contributed by atoms with Gasteiger partial charge in [-0.25, -0.2) is 9.97 Å². The zero-order valence-electron chi connectivity index (χ0n) is 5.81. The van der Waals surface area contributed by atoms with Crippen LogP contribution in [0.1, 0.15) is 17.0 Å². The molecule has 12 heavy (non-hydrogen) atoms. The zero-order chi connectivity index (χ0) is 8.97. The van der Waals surface area contributed by atoms with Crippen molar-refractivity contribution in [2.24, 2.45) is 0 Å². The summed E-state index contributed by atoms with van der Waals surface area (Å²) in [4.78, 5) is 7.06. The van der Waals surface area contributed by atoms with Crippen LogP contribution in [0.4, 0.5) is 0 Å². The summed E-state index contributed by atoms with van der Waals surface area (Å²) in [6, 6.07) is 5.09. The molecule has 0 saturated carbocycles. The van der Waals surface area contributed by atoms with Crippen molar-refractivity contribution in [2.75, 3.05) is 0 Å². The van der Waals surface area contributed by atoms with Gasteiger partial charge in [-0.2, -0.15) is 15.8 Å². The molecule has 0 N–H and O–H groups in total. The monoisotopic (exact) mass is 155 g/mol. The maximum absolute atomic E-state index is 8.53. The molecule has 0 aliphatic carbocycles. The van der Waals surface area contributed by atoms with E-state index in [-0.39, 0.29) is 17.0 Å². The van der Waals surface area contributed by atoms with Crippen LogP contribution in [0, 0.1) is 34.0 Å². The molecule has 0 aliphatic rings. The zero-order valence-corrected chi connectivity index (χ0v) is 5.81. The Morgan fingerprint density at radius 1 is 0.917 bits per heavy atom. The molecule has 0 fully saturated rings. The molecule has 1 aromatic heterocycles. The highest BCUT2D eigenvalue weighted by Crippen LogP contribution is 2.05. The highest BCUT2D eigenvalue weighted by atomic mass is 14.8. The predicted octanol–water partition coefficient (Wildman–Crippen LogP) is 0.0916. The second-order valence-electron chi connectivity index (χ2n) is 1.78. The molecule has 0 unspecified atom stereocenters. The Kier molecular flexibility index (Phi) is 1.97. The van der Waals surface area contributed by atoms with Crippen LogP contribution in [0.5, 0.6) is 0 Å². The van der Waals surface area contributed by atoms with Crippen LogP contribution in [0.2, 0.25) is 0 Å². The van der Waals surface area contributed by atoms with Crippen LogP contribution in [0.3, 0.4) is 0 Å². The summed E-state index contributed by atoms with van der Waals surface area (Å²) < 4.78 is 0. The fourth-order valence-corrected chi connectivity index (χ4v) is 0.661. The third kappa shape index (κ3) is 1.05. The van der Waals surface area contributed by atoms with Crippen LogP contribution in [0.25, 0.3) is 0 Å². The van der Waals surface area contributed by atoms with Crippen LogP contribution in [0.15, 0.2) is 6.33 Å². The number of aromatic nitrogens is 2. The molecule has 1 aromatic rings. The maximum atomic E-state index is 8.53. The predicted molar refractivity (Wildman–Crippen MR) is 36.2 cm³/mol. The van der Waals surface area contributed by atoms with E-state index in [4.69, 9.17) is 15.8 Å². The van der Waals surface area contributed by atoms with Crippen molar-refractivity contribution in [2.45, 2.75) is 0 Å². The van der Waals surface area contributed by atoms with Gasteiger partial charge in [0.2, 0.25) is 0 Å². The molecule has 0 saturated heterocycles. The minimum absolute atomic E-state index is 0.0657. The average molecular weight is 155 g/mol. The average Bonchev–Trinajstić information content (AvgIpc) is 2.16. The molecule has 0 bridgehead atoms. The lowest BCUT2D eigenvalue weighted by atomic mass is 10.2. The summed E-state index contributed by atoms with van der Waals surface area (Å²) in [6.45, 7) is 0. The molecule has 0 amide bonds. The number of nitriles is 3. The summed E-state index contributed by atoms with van der Waals surface area (Å²) in [7, 11) is 0. The summed E-state index contributed by atoms with van der Waals surface area (Å²) in [5, 5.41) is 25.5. The van der Waals surface area contributed by atoms with Crippen molar-refractivity contribution >= 4 is 0 Å². The van der Waals surface area contributed by atoms with Crippen molar-refractivity contribution in [1.29, 1.82) is 15.8 Å². The second-order valence-corrected chi connectivity index (χ2v) is 1.78. The second kappa shape index (κ2) is 3.09. The van der Waals surface area contributed by atoms with Crippen molar-refractivity contribution < 1.29 is 0 Å². The lowest BCUT2D eigenvalue weighted by Gasteiger charge is -1.91. The quantitative estimate of drug-likeness (QED) is 0.528. The normalized spacial score (nSPS) is 7.75. The van der Waals surface area contributed by atoms with E-state index < -0.39 is 0 Å².